The number of aromatic nitrogens is 2. The van der Waals surface area contributed by atoms with Gasteiger partial charge in [-0.2, -0.15) is 8.78 Å². The van der Waals surface area contributed by atoms with Gasteiger partial charge in [0.25, 0.3) is 0 Å². The Morgan fingerprint density at radius 1 is 1.15 bits per heavy atom. The van der Waals surface area contributed by atoms with Crippen LogP contribution < -0.4 is 5.69 Å². The van der Waals surface area contributed by atoms with E-state index in [2.05, 4.69) is 20.7 Å². The van der Waals surface area contributed by atoms with Gasteiger partial charge in [0, 0.05) is 16.2 Å². The molecule has 1 aromatic heterocycles. The first-order chi connectivity index (χ1) is 15.8. The molecule has 0 atom stereocenters. The molecule has 0 fully saturated rings. The third-order valence-corrected chi connectivity index (χ3v) is 6.48. The molecule has 0 aliphatic rings. The SMILES string of the molecule is COC(=O)c1ccc(-c2cn(C(=O)O)c(=O)n2Cc2ccc(C(F)(F)P(=O)(O)O)c(Br)c2)cc1. The van der Waals surface area contributed by atoms with E-state index in [1.54, 1.807) is 0 Å². The highest BCUT2D eigenvalue weighted by Gasteiger charge is 2.51. The van der Waals surface area contributed by atoms with Crippen LogP contribution in [0.15, 0.2) is 57.9 Å². The van der Waals surface area contributed by atoms with E-state index in [4.69, 9.17) is 9.79 Å². The minimum absolute atomic E-state index is 0.157. The van der Waals surface area contributed by atoms with E-state index in [1.807, 2.05) is 0 Å². The van der Waals surface area contributed by atoms with Gasteiger partial charge in [0.05, 0.1) is 24.9 Å². The molecule has 180 valence electrons. The fourth-order valence-corrected chi connectivity index (χ4v) is 4.47. The van der Waals surface area contributed by atoms with Gasteiger partial charge in [-0.05, 0) is 29.3 Å². The highest BCUT2D eigenvalue weighted by Crippen LogP contribution is 2.60. The van der Waals surface area contributed by atoms with Crippen LogP contribution in [0, 0.1) is 0 Å². The van der Waals surface area contributed by atoms with Gasteiger partial charge in [0.1, 0.15) is 0 Å². The number of carboxylic acid groups (broad SMARTS) is 1. The minimum atomic E-state index is -5.80. The second kappa shape index (κ2) is 9.26. The lowest BCUT2D eigenvalue weighted by Crippen LogP contribution is -2.28. The van der Waals surface area contributed by atoms with Gasteiger partial charge in [-0.25, -0.2) is 19.0 Å². The highest BCUT2D eigenvalue weighted by atomic mass is 79.9. The molecule has 2 aromatic carbocycles. The third-order valence-electron chi connectivity index (χ3n) is 4.85. The summed E-state index contributed by atoms with van der Waals surface area (Å²) in [5.74, 6) is -0.593. The van der Waals surface area contributed by atoms with E-state index in [1.165, 1.54) is 31.4 Å². The molecule has 0 spiro atoms. The molecule has 0 amide bonds. The van der Waals surface area contributed by atoms with Crippen molar-refractivity contribution in [2.24, 2.45) is 0 Å². The van der Waals surface area contributed by atoms with E-state index < -0.39 is 36.6 Å². The topological polar surface area (TPSA) is 148 Å². The molecule has 0 saturated heterocycles. The Morgan fingerprint density at radius 2 is 1.76 bits per heavy atom. The maximum atomic E-state index is 14.1. The fourth-order valence-electron chi connectivity index (χ4n) is 3.14. The van der Waals surface area contributed by atoms with Gasteiger partial charge < -0.3 is 19.6 Å². The lowest BCUT2D eigenvalue weighted by Gasteiger charge is -2.19. The summed E-state index contributed by atoms with van der Waals surface area (Å²) in [5, 5.41) is 9.34. The van der Waals surface area contributed by atoms with Crippen molar-refractivity contribution in [3.05, 3.63) is 80.3 Å². The summed E-state index contributed by atoms with van der Waals surface area (Å²) < 4.78 is 45.2. The number of alkyl halides is 2. The average Bonchev–Trinajstić information content (AvgIpc) is 3.08. The van der Waals surface area contributed by atoms with E-state index in [0.29, 0.717) is 10.1 Å². The molecule has 0 aliphatic heterocycles. The van der Waals surface area contributed by atoms with Crippen molar-refractivity contribution >= 4 is 35.6 Å². The van der Waals surface area contributed by atoms with Gasteiger partial charge >= 0.3 is 31.0 Å². The summed E-state index contributed by atoms with van der Waals surface area (Å²) in [4.78, 5) is 53.7. The Kier molecular flexibility index (Phi) is 6.94. The maximum Gasteiger partial charge on any atom is 0.419 e. The Balaban J connectivity index is 2.06. The molecule has 0 radical (unpaired) electrons. The number of methoxy groups -OCH3 is 1. The molecular formula is C20H16BrF2N2O8P. The Hall–Kier alpha value is -3.12. The number of nitrogens with zero attached hydrogens (tertiary/aromatic N) is 2. The van der Waals surface area contributed by atoms with Crippen LogP contribution in [0.5, 0.6) is 0 Å². The number of hydrogen-bond acceptors (Lipinski definition) is 5. The lowest BCUT2D eigenvalue weighted by molar-refractivity contribution is 0.0557. The predicted octanol–water partition coefficient (Wildman–Crippen LogP) is 3.67. The molecule has 10 nitrogen and oxygen atoms in total. The minimum Gasteiger partial charge on any atom is -0.465 e. The zero-order valence-corrected chi connectivity index (χ0v) is 19.7. The van der Waals surface area contributed by atoms with Crippen LogP contribution in [-0.2, 0) is 21.5 Å². The molecule has 0 saturated carbocycles. The first kappa shape index (κ1) is 25.5. The number of imidazole rings is 1. The molecule has 1 heterocycles. The zero-order valence-electron chi connectivity index (χ0n) is 17.2. The van der Waals surface area contributed by atoms with Crippen molar-refractivity contribution < 1.29 is 42.6 Å². The van der Waals surface area contributed by atoms with Crippen molar-refractivity contribution in [2.45, 2.75) is 12.2 Å². The summed E-state index contributed by atoms with van der Waals surface area (Å²) in [6.45, 7) is -0.256. The first-order valence-corrected chi connectivity index (χ1v) is 11.6. The number of carbonyl (C=O) groups excluding carboxylic acids is 1. The number of halogens is 3. The molecule has 0 aliphatic carbocycles. The van der Waals surface area contributed by atoms with Crippen LogP contribution >= 0.6 is 23.5 Å². The van der Waals surface area contributed by atoms with Gasteiger partial charge in [0.2, 0.25) is 0 Å². The van der Waals surface area contributed by atoms with Gasteiger partial charge in [0.15, 0.2) is 0 Å². The standard InChI is InChI=1S/C20H16BrF2N2O8P/c1-33-17(26)13-5-3-12(4-6-13)16-10-25(19(28)29)18(27)24(16)9-11-2-7-14(15(21)8-11)20(22,23)34(30,31)32/h2-8,10H,9H2,1H3,(H,28,29)(H2,30,31,32). The maximum absolute atomic E-state index is 14.1. The third kappa shape index (κ3) is 4.73. The normalized spacial score (nSPS) is 11.9. The van der Waals surface area contributed by atoms with Gasteiger partial charge in [-0.1, -0.05) is 40.2 Å². The molecule has 14 heteroatoms. The molecule has 34 heavy (non-hydrogen) atoms. The summed E-state index contributed by atoms with van der Waals surface area (Å²) in [5.41, 5.74) is -5.30. The second-order valence-electron chi connectivity index (χ2n) is 7.00. The van der Waals surface area contributed by atoms with Crippen molar-refractivity contribution in [2.75, 3.05) is 7.11 Å². The lowest BCUT2D eigenvalue weighted by atomic mass is 10.1. The second-order valence-corrected chi connectivity index (χ2v) is 9.51. The summed E-state index contributed by atoms with van der Waals surface area (Å²) in [7, 11) is -4.59. The van der Waals surface area contributed by atoms with Crippen LogP contribution in [0.4, 0.5) is 13.6 Å². The van der Waals surface area contributed by atoms with Gasteiger partial charge in [-0.3, -0.25) is 9.13 Å². The molecule has 3 rings (SSSR count). The summed E-state index contributed by atoms with van der Waals surface area (Å²) >= 11 is 2.87. The molecule has 0 unspecified atom stereocenters. The molecule has 3 N–H and O–H groups in total. The quantitative estimate of drug-likeness (QED) is 0.305. The Labute approximate surface area is 198 Å². The van der Waals surface area contributed by atoms with Crippen LogP contribution in [0.3, 0.4) is 0 Å². The number of benzene rings is 2. The summed E-state index contributed by atoms with van der Waals surface area (Å²) in [6.07, 6.45) is -0.475. The Bertz CT molecular complexity index is 1380. The number of hydrogen-bond donors (Lipinski definition) is 3. The monoisotopic (exact) mass is 560 g/mol. The van der Waals surface area contributed by atoms with E-state index >= 15 is 0 Å². The number of carbonyl (C=O) groups is 2. The van der Waals surface area contributed by atoms with Crippen molar-refractivity contribution in [1.29, 1.82) is 0 Å². The first-order valence-electron chi connectivity index (χ1n) is 9.24. The van der Waals surface area contributed by atoms with Crippen molar-refractivity contribution in [3.63, 3.8) is 0 Å². The Morgan fingerprint density at radius 3 is 2.26 bits per heavy atom. The highest BCUT2D eigenvalue weighted by molar-refractivity contribution is 9.10. The van der Waals surface area contributed by atoms with Crippen LogP contribution in [0.25, 0.3) is 11.3 Å². The zero-order chi connectivity index (χ0) is 25.4. The number of esters is 1. The molecule has 0 bridgehead atoms. The smallest absolute Gasteiger partial charge is 0.419 e. The van der Waals surface area contributed by atoms with Gasteiger partial charge in [-0.15, -0.1) is 0 Å². The summed E-state index contributed by atoms with van der Waals surface area (Å²) in [6, 6.07) is 8.88. The molecule has 3 aromatic rings. The predicted molar refractivity (Wildman–Crippen MR) is 118 cm³/mol. The van der Waals surface area contributed by atoms with Crippen LogP contribution in [-0.4, -0.2) is 43.2 Å². The van der Waals surface area contributed by atoms with Crippen molar-refractivity contribution in [3.8, 4) is 11.3 Å². The number of rotatable bonds is 6. The van der Waals surface area contributed by atoms with Crippen molar-refractivity contribution in [1.82, 2.24) is 9.13 Å². The number of ether oxygens (including phenoxy) is 1. The van der Waals surface area contributed by atoms with E-state index in [-0.39, 0.29) is 27.8 Å². The van der Waals surface area contributed by atoms with E-state index in [9.17, 15) is 32.8 Å². The molecular weight excluding hydrogens is 545 g/mol. The average molecular weight is 561 g/mol. The van der Waals surface area contributed by atoms with Crippen LogP contribution in [0.2, 0.25) is 0 Å². The van der Waals surface area contributed by atoms with E-state index in [0.717, 1.165) is 29.0 Å². The van der Waals surface area contributed by atoms with Crippen LogP contribution in [0.1, 0.15) is 21.5 Å². The largest absolute Gasteiger partial charge is 0.465 e. The fraction of sp³-hybridized carbons (Fsp3) is 0.150.